The van der Waals surface area contributed by atoms with Crippen molar-refractivity contribution in [2.75, 3.05) is 7.11 Å². The van der Waals surface area contributed by atoms with Gasteiger partial charge in [0.15, 0.2) is 0 Å². The number of aryl methyl sites for hydroxylation is 1. The van der Waals surface area contributed by atoms with Gasteiger partial charge < -0.3 is 14.2 Å². The molecule has 0 fully saturated rings. The van der Waals surface area contributed by atoms with E-state index in [9.17, 15) is 4.79 Å². The molecule has 0 saturated carbocycles. The molecule has 4 aromatic rings. The van der Waals surface area contributed by atoms with Crippen LogP contribution in [0.2, 0.25) is 0 Å². The van der Waals surface area contributed by atoms with E-state index in [1.54, 1.807) is 25.7 Å². The minimum Gasteiger partial charge on any atom is -0.497 e. The predicted octanol–water partition coefficient (Wildman–Crippen LogP) is 4.49. The monoisotopic (exact) mass is 426 g/mol. The number of nitrogens with zero attached hydrogens (tertiary/aromatic N) is 4. The van der Waals surface area contributed by atoms with Crippen LogP contribution in [0.1, 0.15) is 32.9 Å². The number of imidazole rings is 1. The zero-order valence-corrected chi connectivity index (χ0v) is 18.3. The summed E-state index contributed by atoms with van der Waals surface area (Å²) in [7, 11) is 1.66. The molecule has 162 valence electrons. The van der Waals surface area contributed by atoms with E-state index in [0.29, 0.717) is 25.2 Å². The van der Waals surface area contributed by atoms with Crippen molar-refractivity contribution in [2.24, 2.45) is 0 Å². The third-order valence-corrected chi connectivity index (χ3v) is 5.35. The molecule has 4 rings (SSSR count). The molecule has 0 aliphatic carbocycles. The van der Waals surface area contributed by atoms with Gasteiger partial charge in [0.1, 0.15) is 11.6 Å². The number of methoxy groups -OCH3 is 1. The van der Waals surface area contributed by atoms with Crippen LogP contribution in [0.3, 0.4) is 0 Å². The predicted molar refractivity (Wildman–Crippen MR) is 123 cm³/mol. The van der Waals surface area contributed by atoms with Crippen LogP contribution in [-0.2, 0) is 19.6 Å². The van der Waals surface area contributed by atoms with E-state index < -0.39 is 0 Å². The van der Waals surface area contributed by atoms with E-state index in [1.807, 2.05) is 78.7 Å². The number of hydrogen-bond acceptors (Lipinski definition) is 4. The molecule has 0 atom stereocenters. The first-order chi connectivity index (χ1) is 15.6. The van der Waals surface area contributed by atoms with Crippen molar-refractivity contribution in [1.82, 2.24) is 19.4 Å². The van der Waals surface area contributed by atoms with Crippen LogP contribution in [0.4, 0.5) is 0 Å². The zero-order chi connectivity index (χ0) is 22.3. The highest BCUT2D eigenvalue weighted by molar-refractivity contribution is 5.94. The Balaban J connectivity index is 1.57. The summed E-state index contributed by atoms with van der Waals surface area (Å²) in [6, 6.07) is 19.5. The van der Waals surface area contributed by atoms with E-state index >= 15 is 0 Å². The molecule has 2 heterocycles. The fourth-order valence-corrected chi connectivity index (χ4v) is 3.52. The van der Waals surface area contributed by atoms with Crippen LogP contribution in [0.15, 0.2) is 85.5 Å². The Morgan fingerprint density at radius 3 is 2.31 bits per heavy atom. The van der Waals surface area contributed by atoms with E-state index in [0.717, 1.165) is 28.3 Å². The topological polar surface area (TPSA) is 60.2 Å². The second kappa shape index (κ2) is 9.92. The van der Waals surface area contributed by atoms with E-state index in [1.165, 1.54) is 0 Å². The summed E-state index contributed by atoms with van der Waals surface area (Å²) in [4.78, 5) is 23.8. The fourth-order valence-electron chi connectivity index (χ4n) is 3.52. The molecule has 0 bridgehead atoms. The van der Waals surface area contributed by atoms with Crippen molar-refractivity contribution in [3.05, 3.63) is 114 Å². The molecule has 0 N–H and O–H groups in total. The van der Waals surface area contributed by atoms with Gasteiger partial charge in [-0.15, -0.1) is 0 Å². The standard InChI is InChI=1S/C26H26N4O2/c1-20-3-7-23(8-4-20)26(31)30(18-22-11-13-27-14-12-22)19-25-28-15-16-29(25)17-21-5-9-24(32-2)10-6-21/h3-16H,17-19H2,1-2H3. The van der Waals surface area contributed by atoms with Crippen molar-refractivity contribution >= 4 is 5.91 Å². The molecule has 1 amide bonds. The maximum absolute atomic E-state index is 13.4. The number of aromatic nitrogens is 3. The Morgan fingerprint density at radius 2 is 1.62 bits per heavy atom. The minimum atomic E-state index is -0.0270. The average Bonchev–Trinajstić information content (AvgIpc) is 3.26. The third kappa shape index (κ3) is 5.21. The van der Waals surface area contributed by atoms with Crippen molar-refractivity contribution < 1.29 is 9.53 Å². The normalized spacial score (nSPS) is 10.7. The van der Waals surface area contributed by atoms with Crippen LogP contribution in [0.25, 0.3) is 0 Å². The Bertz CT molecular complexity index is 1150. The molecule has 2 aromatic heterocycles. The summed E-state index contributed by atoms with van der Waals surface area (Å²) >= 11 is 0. The Kier molecular flexibility index (Phi) is 6.60. The highest BCUT2D eigenvalue weighted by Gasteiger charge is 2.19. The quantitative estimate of drug-likeness (QED) is 0.417. The van der Waals surface area contributed by atoms with Crippen LogP contribution < -0.4 is 4.74 Å². The molecular weight excluding hydrogens is 400 g/mol. The van der Waals surface area contributed by atoms with Gasteiger partial charge in [-0.05, 0) is 54.4 Å². The largest absolute Gasteiger partial charge is 0.497 e. The first-order valence-corrected chi connectivity index (χ1v) is 10.5. The van der Waals surface area contributed by atoms with Gasteiger partial charge in [0.2, 0.25) is 0 Å². The molecule has 0 saturated heterocycles. The molecular formula is C26H26N4O2. The maximum atomic E-state index is 13.4. The second-order valence-corrected chi connectivity index (χ2v) is 7.70. The van der Waals surface area contributed by atoms with Gasteiger partial charge in [-0.2, -0.15) is 0 Å². The molecule has 6 nitrogen and oxygen atoms in total. The van der Waals surface area contributed by atoms with E-state index in [-0.39, 0.29) is 5.91 Å². The maximum Gasteiger partial charge on any atom is 0.254 e. The number of carbonyl (C=O) groups excluding carboxylic acids is 1. The van der Waals surface area contributed by atoms with Gasteiger partial charge in [0.25, 0.3) is 5.91 Å². The number of carbonyl (C=O) groups is 1. The molecule has 0 aliphatic heterocycles. The lowest BCUT2D eigenvalue weighted by Gasteiger charge is -2.23. The second-order valence-electron chi connectivity index (χ2n) is 7.70. The number of pyridine rings is 1. The van der Waals surface area contributed by atoms with E-state index in [4.69, 9.17) is 4.74 Å². The van der Waals surface area contributed by atoms with Crippen LogP contribution in [0, 0.1) is 6.92 Å². The summed E-state index contributed by atoms with van der Waals surface area (Å²) in [5.41, 5.74) is 3.94. The minimum absolute atomic E-state index is 0.0270. The molecule has 0 unspecified atom stereocenters. The van der Waals surface area contributed by atoms with Crippen molar-refractivity contribution in [3.8, 4) is 5.75 Å². The molecule has 0 radical (unpaired) electrons. The Hall–Kier alpha value is -3.93. The highest BCUT2D eigenvalue weighted by atomic mass is 16.5. The van der Waals surface area contributed by atoms with Crippen LogP contribution in [0.5, 0.6) is 5.75 Å². The summed E-state index contributed by atoms with van der Waals surface area (Å²) in [5, 5.41) is 0. The van der Waals surface area contributed by atoms with Crippen molar-refractivity contribution in [3.63, 3.8) is 0 Å². The average molecular weight is 427 g/mol. The first kappa shape index (κ1) is 21.3. The molecule has 32 heavy (non-hydrogen) atoms. The summed E-state index contributed by atoms with van der Waals surface area (Å²) in [6.07, 6.45) is 7.21. The lowest BCUT2D eigenvalue weighted by Crippen LogP contribution is -2.31. The third-order valence-electron chi connectivity index (χ3n) is 5.35. The van der Waals surface area contributed by atoms with Gasteiger partial charge in [-0.1, -0.05) is 29.8 Å². The first-order valence-electron chi connectivity index (χ1n) is 10.5. The number of amides is 1. The van der Waals surface area contributed by atoms with Crippen molar-refractivity contribution in [1.29, 1.82) is 0 Å². The number of rotatable bonds is 8. The number of hydrogen-bond donors (Lipinski definition) is 0. The van der Waals surface area contributed by atoms with Crippen LogP contribution >= 0.6 is 0 Å². The lowest BCUT2D eigenvalue weighted by molar-refractivity contribution is 0.0723. The number of ether oxygens (including phenoxy) is 1. The Labute approximate surface area is 188 Å². The fraction of sp³-hybridized carbons (Fsp3) is 0.192. The lowest BCUT2D eigenvalue weighted by atomic mass is 10.1. The number of benzene rings is 2. The summed E-state index contributed by atoms with van der Waals surface area (Å²) in [6.45, 7) is 3.56. The van der Waals surface area contributed by atoms with Crippen molar-refractivity contribution in [2.45, 2.75) is 26.6 Å². The van der Waals surface area contributed by atoms with Gasteiger partial charge >= 0.3 is 0 Å². The van der Waals surface area contributed by atoms with Gasteiger partial charge in [0, 0.05) is 43.4 Å². The highest BCUT2D eigenvalue weighted by Crippen LogP contribution is 2.17. The zero-order valence-electron chi connectivity index (χ0n) is 18.3. The SMILES string of the molecule is COc1ccc(Cn2ccnc2CN(Cc2ccncc2)C(=O)c2ccc(C)cc2)cc1. The van der Waals surface area contributed by atoms with Crippen LogP contribution in [-0.4, -0.2) is 32.5 Å². The molecule has 0 spiro atoms. The molecule has 2 aromatic carbocycles. The van der Waals surface area contributed by atoms with E-state index in [2.05, 4.69) is 14.5 Å². The summed E-state index contributed by atoms with van der Waals surface area (Å²) < 4.78 is 7.32. The summed E-state index contributed by atoms with van der Waals surface area (Å²) in [5.74, 6) is 1.63. The van der Waals surface area contributed by atoms with Gasteiger partial charge in [-0.25, -0.2) is 4.98 Å². The Morgan fingerprint density at radius 1 is 0.906 bits per heavy atom. The van der Waals surface area contributed by atoms with Gasteiger partial charge in [-0.3, -0.25) is 9.78 Å². The molecule has 0 aliphatic rings. The smallest absolute Gasteiger partial charge is 0.254 e. The molecule has 6 heteroatoms. The van der Waals surface area contributed by atoms with Gasteiger partial charge in [0.05, 0.1) is 13.7 Å².